The van der Waals surface area contributed by atoms with Gasteiger partial charge in [-0.25, -0.2) is 0 Å². The van der Waals surface area contributed by atoms with Crippen molar-refractivity contribution in [1.29, 1.82) is 0 Å². The van der Waals surface area contributed by atoms with E-state index in [2.05, 4.69) is 19.2 Å². The molecule has 20 heavy (non-hydrogen) atoms. The van der Waals surface area contributed by atoms with Crippen LogP contribution < -0.4 is 14.8 Å². The fourth-order valence-electron chi connectivity index (χ4n) is 2.00. The van der Waals surface area contributed by atoms with Gasteiger partial charge in [-0.15, -0.1) is 0 Å². The van der Waals surface area contributed by atoms with E-state index < -0.39 is 0 Å². The van der Waals surface area contributed by atoms with Crippen molar-refractivity contribution in [2.45, 2.75) is 26.3 Å². The van der Waals surface area contributed by atoms with E-state index in [-0.39, 0.29) is 0 Å². The second-order valence-corrected chi connectivity index (χ2v) is 5.47. The monoisotopic (exact) mass is 299 g/mol. The highest BCUT2D eigenvalue weighted by molar-refractivity contribution is 6.31. The third-order valence-electron chi connectivity index (χ3n) is 3.03. The normalized spacial score (nSPS) is 13.8. The summed E-state index contributed by atoms with van der Waals surface area (Å²) < 4.78 is 16.6. The van der Waals surface area contributed by atoms with Crippen LogP contribution in [0.1, 0.15) is 19.4 Å². The van der Waals surface area contributed by atoms with Gasteiger partial charge in [-0.05, 0) is 18.1 Å². The summed E-state index contributed by atoms with van der Waals surface area (Å²) in [6.45, 7) is 7.63. The molecule has 0 saturated carbocycles. The number of hydrogen-bond donors (Lipinski definition) is 1. The molecule has 0 fully saturated rings. The van der Waals surface area contributed by atoms with Crippen LogP contribution in [0.25, 0.3) is 0 Å². The van der Waals surface area contributed by atoms with E-state index in [0.29, 0.717) is 37.5 Å². The van der Waals surface area contributed by atoms with Crippen LogP contribution in [0.5, 0.6) is 11.5 Å². The largest absolute Gasteiger partial charge is 0.486 e. The smallest absolute Gasteiger partial charge is 0.162 e. The van der Waals surface area contributed by atoms with Gasteiger partial charge in [0, 0.05) is 23.7 Å². The fraction of sp³-hybridized carbons (Fsp3) is 0.600. The first kappa shape index (κ1) is 15.4. The SMILES string of the molecule is CC(C)NCCOCCc1cc2c(cc1Cl)OCCO2. The molecule has 112 valence electrons. The van der Waals surface area contributed by atoms with Crippen molar-refractivity contribution in [2.24, 2.45) is 0 Å². The predicted octanol–water partition coefficient (Wildman–Crippen LogP) is 2.67. The first-order chi connectivity index (χ1) is 9.66. The lowest BCUT2D eigenvalue weighted by Crippen LogP contribution is -2.26. The van der Waals surface area contributed by atoms with Gasteiger partial charge in [-0.1, -0.05) is 25.4 Å². The zero-order chi connectivity index (χ0) is 14.4. The molecule has 1 N–H and O–H groups in total. The lowest BCUT2D eigenvalue weighted by molar-refractivity contribution is 0.137. The zero-order valence-corrected chi connectivity index (χ0v) is 12.8. The predicted molar refractivity (Wildman–Crippen MR) is 80.1 cm³/mol. The van der Waals surface area contributed by atoms with Crippen molar-refractivity contribution in [1.82, 2.24) is 5.32 Å². The van der Waals surface area contributed by atoms with Gasteiger partial charge in [-0.2, -0.15) is 0 Å². The summed E-state index contributed by atoms with van der Waals surface area (Å²) in [5.41, 5.74) is 1.03. The zero-order valence-electron chi connectivity index (χ0n) is 12.1. The Kier molecular flexibility index (Phi) is 5.95. The summed E-state index contributed by atoms with van der Waals surface area (Å²) in [4.78, 5) is 0. The highest BCUT2D eigenvalue weighted by Crippen LogP contribution is 2.35. The third-order valence-corrected chi connectivity index (χ3v) is 3.38. The molecule has 1 aliphatic rings. The Labute approximate surface area is 125 Å². The quantitative estimate of drug-likeness (QED) is 0.786. The summed E-state index contributed by atoms with van der Waals surface area (Å²) in [5.74, 6) is 1.50. The van der Waals surface area contributed by atoms with Gasteiger partial charge >= 0.3 is 0 Å². The summed E-state index contributed by atoms with van der Waals surface area (Å²) in [7, 11) is 0. The topological polar surface area (TPSA) is 39.7 Å². The van der Waals surface area contributed by atoms with E-state index in [1.807, 2.05) is 12.1 Å². The molecule has 0 atom stereocenters. The maximum absolute atomic E-state index is 6.24. The highest BCUT2D eigenvalue weighted by Gasteiger charge is 2.14. The average Bonchev–Trinajstić information content (AvgIpc) is 2.42. The Hall–Kier alpha value is -0.970. The van der Waals surface area contributed by atoms with Crippen LogP contribution in [-0.4, -0.2) is 39.0 Å². The van der Waals surface area contributed by atoms with Gasteiger partial charge in [0.25, 0.3) is 0 Å². The Morgan fingerprint density at radius 2 is 1.90 bits per heavy atom. The third kappa shape index (κ3) is 4.54. The molecule has 0 saturated heterocycles. The summed E-state index contributed by atoms with van der Waals surface area (Å²) in [6, 6.07) is 4.27. The number of benzene rings is 1. The Balaban J connectivity index is 1.78. The number of halogens is 1. The molecule has 0 aliphatic carbocycles. The minimum atomic E-state index is 0.492. The fourth-order valence-corrected chi connectivity index (χ4v) is 2.25. The van der Waals surface area contributed by atoms with E-state index in [0.717, 1.165) is 30.0 Å². The van der Waals surface area contributed by atoms with Gasteiger partial charge in [-0.3, -0.25) is 0 Å². The molecule has 0 amide bonds. The van der Waals surface area contributed by atoms with Crippen LogP contribution in [0, 0.1) is 0 Å². The van der Waals surface area contributed by atoms with Crippen LogP contribution in [0.15, 0.2) is 12.1 Å². The molecule has 1 aromatic carbocycles. The molecule has 0 radical (unpaired) electrons. The summed E-state index contributed by atoms with van der Waals surface area (Å²) >= 11 is 6.24. The molecule has 0 spiro atoms. The highest BCUT2D eigenvalue weighted by atomic mass is 35.5. The van der Waals surface area contributed by atoms with Gasteiger partial charge in [0.05, 0.1) is 13.2 Å². The van der Waals surface area contributed by atoms with Crippen LogP contribution in [0.3, 0.4) is 0 Å². The van der Waals surface area contributed by atoms with E-state index >= 15 is 0 Å². The number of ether oxygens (including phenoxy) is 3. The molecule has 5 heteroatoms. The van der Waals surface area contributed by atoms with Crippen molar-refractivity contribution >= 4 is 11.6 Å². The van der Waals surface area contributed by atoms with Gasteiger partial charge in [0.15, 0.2) is 11.5 Å². The standard InChI is InChI=1S/C15H22ClNO3/c1-11(2)17-4-6-18-5-3-12-9-14-15(10-13(12)16)20-8-7-19-14/h9-11,17H,3-8H2,1-2H3. The lowest BCUT2D eigenvalue weighted by Gasteiger charge is -2.19. The Morgan fingerprint density at radius 1 is 1.20 bits per heavy atom. The van der Waals surface area contributed by atoms with E-state index in [4.69, 9.17) is 25.8 Å². The van der Waals surface area contributed by atoms with Gasteiger partial charge in [0.1, 0.15) is 13.2 Å². The van der Waals surface area contributed by atoms with E-state index in [9.17, 15) is 0 Å². The molecular formula is C15H22ClNO3. The Bertz CT molecular complexity index is 437. The molecule has 1 aromatic rings. The first-order valence-electron chi connectivity index (χ1n) is 7.06. The summed E-state index contributed by atoms with van der Waals surface area (Å²) in [5, 5.41) is 4.02. The molecule has 0 unspecified atom stereocenters. The average molecular weight is 300 g/mol. The summed E-state index contributed by atoms with van der Waals surface area (Å²) in [6.07, 6.45) is 0.775. The van der Waals surface area contributed by atoms with Crippen LogP contribution in [-0.2, 0) is 11.2 Å². The molecule has 2 rings (SSSR count). The van der Waals surface area contributed by atoms with Crippen molar-refractivity contribution in [2.75, 3.05) is 33.0 Å². The Morgan fingerprint density at radius 3 is 2.60 bits per heavy atom. The first-order valence-corrected chi connectivity index (χ1v) is 7.44. The minimum Gasteiger partial charge on any atom is -0.486 e. The van der Waals surface area contributed by atoms with E-state index in [1.54, 1.807) is 0 Å². The van der Waals surface area contributed by atoms with Crippen molar-refractivity contribution in [3.05, 3.63) is 22.7 Å². The lowest BCUT2D eigenvalue weighted by atomic mass is 10.1. The van der Waals surface area contributed by atoms with Crippen LogP contribution >= 0.6 is 11.6 Å². The maximum Gasteiger partial charge on any atom is 0.162 e. The van der Waals surface area contributed by atoms with Gasteiger partial charge in [0.2, 0.25) is 0 Å². The second kappa shape index (κ2) is 7.72. The molecule has 0 bridgehead atoms. The molecular weight excluding hydrogens is 278 g/mol. The van der Waals surface area contributed by atoms with Crippen LogP contribution in [0.4, 0.5) is 0 Å². The van der Waals surface area contributed by atoms with Crippen molar-refractivity contribution in [3.8, 4) is 11.5 Å². The molecule has 1 heterocycles. The molecule has 1 aliphatic heterocycles. The van der Waals surface area contributed by atoms with E-state index in [1.165, 1.54) is 0 Å². The maximum atomic E-state index is 6.24. The minimum absolute atomic E-state index is 0.492. The second-order valence-electron chi connectivity index (χ2n) is 5.06. The number of rotatable bonds is 7. The van der Waals surface area contributed by atoms with Gasteiger partial charge < -0.3 is 19.5 Å². The number of nitrogens with one attached hydrogen (secondary N) is 1. The molecule has 0 aromatic heterocycles. The van der Waals surface area contributed by atoms with Crippen LogP contribution in [0.2, 0.25) is 5.02 Å². The van der Waals surface area contributed by atoms with Crippen molar-refractivity contribution < 1.29 is 14.2 Å². The number of hydrogen-bond acceptors (Lipinski definition) is 4. The van der Waals surface area contributed by atoms with Crippen molar-refractivity contribution in [3.63, 3.8) is 0 Å². The molecule has 4 nitrogen and oxygen atoms in total. The number of fused-ring (bicyclic) bond motifs is 1.